The van der Waals surface area contributed by atoms with E-state index in [2.05, 4.69) is 10.1 Å². The number of benzene rings is 1. The minimum atomic E-state index is -1.16. The Morgan fingerprint density at radius 2 is 2.21 bits per heavy atom. The molecule has 29 heavy (non-hydrogen) atoms. The van der Waals surface area contributed by atoms with Crippen molar-refractivity contribution in [3.63, 3.8) is 0 Å². The van der Waals surface area contributed by atoms with Gasteiger partial charge < -0.3 is 20.5 Å². The molecular weight excluding hydrogens is 384 g/mol. The number of carboxylic acids is 1. The lowest BCUT2D eigenvalue weighted by molar-refractivity contribution is 0.0698. The predicted molar refractivity (Wildman–Crippen MR) is 100 cm³/mol. The van der Waals surface area contributed by atoms with Crippen LogP contribution in [0.25, 0.3) is 5.65 Å². The van der Waals surface area contributed by atoms with E-state index in [1.54, 1.807) is 17.2 Å². The fraction of sp³-hybridized carbons (Fsp3) is 0.316. The van der Waals surface area contributed by atoms with Crippen LogP contribution in [-0.2, 0) is 0 Å². The van der Waals surface area contributed by atoms with Gasteiger partial charge in [-0.1, -0.05) is 0 Å². The molecule has 0 unspecified atom stereocenters. The van der Waals surface area contributed by atoms with Gasteiger partial charge in [-0.25, -0.2) is 23.1 Å². The summed E-state index contributed by atoms with van der Waals surface area (Å²) in [6.45, 7) is 0.567. The third kappa shape index (κ3) is 3.58. The largest absolute Gasteiger partial charge is 0.492 e. The van der Waals surface area contributed by atoms with Gasteiger partial charge in [-0.15, -0.1) is 0 Å². The first-order chi connectivity index (χ1) is 14.0. The minimum Gasteiger partial charge on any atom is -0.492 e. The molecule has 0 saturated carbocycles. The zero-order valence-corrected chi connectivity index (χ0v) is 15.3. The Hall–Kier alpha value is -3.27. The molecule has 1 aliphatic rings. The number of anilines is 1. The molecule has 0 radical (unpaired) electrons. The highest BCUT2D eigenvalue weighted by Crippen LogP contribution is 2.40. The maximum atomic E-state index is 14.4. The predicted octanol–water partition coefficient (Wildman–Crippen LogP) is 2.19. The van der Waals surface area contributed by atoms with Crippen molar-refractivity contribution in [2.24, 2.45) is 5.73 Å². The molecule has 1 aliphatic heterocycles. The molecule has 0 bridgehead atoms. The van der Waals surface area contributed by atoms with Crippen LogP contribution in [0.3, 0.4) is 0 Å². The smallest absolute Gasteiger partial charge is 0.341 e. The third-order valence-corrected chi connectivity index (χ3v) is 4.84. The molecular formula is C19H19F2N5O3. The number of hydrogen-bond acceptors (Lipinski definition) is 6. The number of nitrogens with zero attached hydrogens (tertiary/aromatic N) is 4. The summed E-state index contributed by atoms with van der Waals surface area (Å²) in [6, 6.07) is 5.19. The monoisotopic (exact) mass is 403 g/mol. The number of aromatic nitrogens is 3. The summed E-state index contributed by atoms with van der Waals surface area (Å²) in [6.07, 6.45) is 1.73. The lowest BCUT2D eigenvalue weighted by Gasteiger charge is -2.27. The Kier molecular flexibility index (Phi) is 5.01. The maximum Gasteiger partial charge on any atom is 0.341 e. The SMILES string of the molecule is NCCOc1ccc(F)cc1[C@H]1C[C@H](F)CN1c1ccn2ncc(C(=O)O)c2n1. The molecule has 8 nitrogen and oxygen atoms in total. The van der Waals surface area contributed by atoms with Crippen molar-refractivity contribution in [1.29, 1.82) is 0 Å². The summed E-state index contributed by atoms with van der Waals surface area (Å²) >= 11 is 0. The zero-order valence-electron chi connectivity index (χ0n) is 15.3. The van der Waals surface area contributed by atoms with Crippen LogP contribution >= 0.6 is 0 Å². The van der Waals surface area contributed by atoms with Gasteiger partial charge in [0.15, 0.2) is 5.65 Å². The molecule has 3 heterocycles. The van der Waals surface area contributed by atoms with Gasteiger partial charge in [0, 0.05) is 24.7 Å². The van der Waals surface area contributed by atoms with E-state index in [9.17, 15) is 18.7 Å². The molecule has 2 atom stereocenters. The number of carbonyl (C=O) groups is 1. The fourth-order valence-electron chi connectivity index (χ4n) is 3.58. The average molecular weight is 403 g/mol. The Balaban J connectivity index is 1.76. The van der Waals surface area contributed by atoms with Crippen LogP contribution in [-0.4, -0.2) is 51.5 Å². The summed E-state index contributed by atoms with van der Waals surface area (Å²) < 4.78 is 35.3. The summed E-state index contributed by atoms with van der Waals surface area (Å²) in [5, 5.41) is 13.3. The summed E-state index contributed by atoms with van der Waals surface area (Å²) in [4.78, 5) is 17.5. The van der Waals surface area contributed by atoms with Crippen LogP contribution in [0.4, 0.5) is 14.6 Å². The standard InChI is InChI=1S/C19H19F2N5O3/c20-11-1-2-16(29-6-4-22)13(7-11)15-8-12(21)10-25(15)17-3-5-26-18(24-17)14(9-23-26)19(27)28/h1-3,5,7,9,12,15H,4,6,8,10,22H2,(H,27,28)/t12-,15+/m0/s1. The van der Waals surface area contributed by atoms with Gasteiger partial charge in [0.1, 0.15) is 35.7 Å². The van der Waals surface area contributed by atoms with Gasteiger partial charge in [-0.2, -0.15) is 5.10 Å². The number of hydrogen-bond donors (Lipinski definition) is 2. The Bertz CT molecular complexity index is 1060. The van der Waals surface area contributed by atoms with Crippen molar-refractivity contribution < 1.29 is 23.4 Å². The van der Waals surface area contributed by atoms with Crippen LogP contribution in [0.5, 0.6) is 5.75 Å². The molecule has 2 aromatic heterocycles. The van der Waals surface area contributed by atoms with E-state index in [0.717, 1.165) is 0 Å². The van der Waals surface area contributed by atoms with Crippen molar-refractivity contribution in [3.05, 3.63) is 53.6 Å². The molecule has 4 rings (SSSR count). The van der Waals surface area contributed by atoms with E-state index in [1.807, 2.05) is 0 Å². The highest BCUT2D eigenvalue weighted by molar-refractivity contribution is 5.94. The second-order valence-electron chi connectivity index (χ2n) is 6.74. The number of nitrogens with two attached hydrogens (primary N) is 1. The molecule has 0 aliphatic carbocycles. The second-order valence-corrected chi connectivity index (χ2v) is 6.74. The van der Waals surface area contributed by atoms with Crippen molar-refractivity contribution in [2.75, 3.05) is 24.6 Å². The second kappa shape index (κ2) is 7.63. The van der Waals surface area contributed by atoms with Gasteiger partial charge in [-0.05, 0) is 24.3 Å². The number of ether oxygens (including phenoxy) is 1. The molecule has 0 amide bonds. The number of carboxylic acid groups (broad SMARTS) is 1. The van der Waals surface area contributed by atoms with Crippen LogP contribution in [0.15, 0.2) is 36.7 Å². The normalized spacial score (nSPS) is 19.1. The zero-order chi connectivity index (χ0) is 20.5. The van der Waals surface area contributed by atoms with Gasteiger partial charge in [0.05, 0.1) is 18.8 Å². The van der Waals surface area contributed by atoms with E-state index >= 15 is 0 Å². The highest BCUT2D eigenvalue weighted by atomic mass is 19.1. The highest BCUT2D eigenvalue weighted by Gasteiger charge is 2.36. The van der Waals surface area contributed by atoms with Crippen LogP contribution < -0.4 is 15.4 Å². The number of rotatable bonds is 6. The Morgan fingerprint density at radius 1 is 1.38 bits per heavy atom. The van der Waals surface area contributed by atoms with Gasteiger partial charge in [0.25, 0.3) is 0 Å². The van der Waals surface area contributed by atoms with Crippen LogP contribution in [0.2, 0.25) is 0 Å². The molecule has 1 saturated heterocycles. The summed E-state index contributed by atoms with van der Waals surface area (Å²) in [7, 11) is 0. The Labute approximate surface area is 164 Å². The van der Waals surface area contributed by atoms with Gasteiger partial charge in [-0.3, -0.25) is 0 Å². The first-order valence-electron chi connectivity index (χ1n) is 9.08. The number of alkyl halides is 1. The van der Waals surface area contributed by atoms with E-state index < -0.39 is 24.0 Å². The summed E-state index contributed by atoms with van der Waals surface area (Å²) in [5.74, 6) is -0.819. The quantitative estimate of drug-likeness (QED) is 0.650. The van der Waals surface area contributed by atoms with Crippen molar-refractivity contribution in [2.45, 2.75) is 18.6 Å². The Morgan fingerprint density at radius 3 is 2.97 bits per heavy atom. The first kappa shape index (κ1) is 19.1. The molecule has 0 spiro atoms. The molecule has 3 aromatic rings. The minimum absolute atomic E-state index is 0.0389. The van der Waals surface area contributed by atoms with Gasteiger partial charge in [0.2, 0.25) is 0 Å². The van der Waals surface area contributed by atoms with E-state index in [4.69, 9.17) is 10.5 Å². The lowest BCUT2D eigenvalue weighted by atomic mass is 10.0. The van der Waals surface area contributed by atoms with Crippen LogP contribution in [0, 0.1) is 5.82 Å². The molecule has 1 aromatic carbocycles. The summed E-state index contributed by atoms with van der Waals surface area (Å²) in [5.41, 5.74) is 6.08. The molecule has 3 N–H and O–H groups in total. The van der Waals surface area contributed by atoms with Crippen molar-refractivity contribution in [3.8, 4) is 5.75 Å². The van der Waals surface area contributed by atoms with E-state index in [1.165, 1.54) is 28.9 Å². The molecule has 10 heteroatoms. The molecule has 152 valence electrons. The maximum absolute atomic E-state index is 14.4. The van der Waals surface area contributed by atoms with Crippen LogP contribution in [0.1, 0.15) is 28.4 Å². The topological polar surface area (TPSA) is 106 Å². The number of fused-ring (bicyclic) bond motifs is 1. The fourth-order valence-corrected chi connectivity index (χ4v) is 3.58. The van der Waals surface area contributed by atoms with Crippen molar-refractivity contribution >= 4 is 17.4 Å². The van der Waals surface area contributed by atoms with Crippen molar-refractivity contribution in [1.82, 2.24) is 14.6 Å². The first-order valence-corrected chi connectivity index (χ1v) is 9.08. The lowest BCUT2D eigenvalue weighted by Crippen LogP contribution is -2.25. The van der Waals surface area contributed by atoms with E-state index in [0.29, 0.717) is 17.1 Å². The number of halogens is 2. The van der Waals surface area contributed by atoms with E-state index in [-0.39, 0.29) is 37.3 Å². The van der Waals surface area contributed by atoms with Gasteiger partial charge >= 0.3 is 5.97 Å². The number of aromatic carboxylic acids is 1. The third-order valence-electron chi connectivity index (χ3n) is 4.84. The molecule has 1 fully saturated rings. The average Bonchev–Trinajstić information content (AvgIpc) is 3.29.